The van der Waals surface area contributed by atoms with Gasteiger partial charge in [0.25, 0.3) is 5.91 Å². The molecule has 2 aromatic carbocycles. The maximum absolute atomic E-state index is 12.7. The molecule has 3 rings (SSSR count). The van der Waals surface area contributed by atoms with Gasteiger partial charge in [0.05, 0.1) is 35.0 Å². The lowest BCUT2D eigenvalue weighted by atomic mass is 10.2. The molecule has 3 aromatic rings. The van der Waals surface area contributed by atoms with Crippen LogP contribution in [0.4, 0.5) is 0 Å². The lowest BCUT2D eigenvalue weighted by Gasteiger charge is -2.09. The van der Waals surface area contributed by atoms with Crippen molar-refractivity contribution in [2.24, 2.45) is 4.99 Å². The number of hydrogen-bond acceptors (Lipinski definition) is 5. The van der Waals surface area contributed by atoms with Crippen molar-refractivity contribution in [1.29, 1.82) is 0 Å². The van der Waals surface area contributed by atoms with Crippen molar-refractivity contribution in [3.8, 4) is 18.1 Å². The zero-order chi connectivity index (χ0) is 21.7. The van der Waals surface area contributed by atoms with E-state index in [0.717, 1.165) is 10.2 Å². The van der Waals surface area contributed by atoms with Gasteiger partial charge in [-0.3, -0.25) is 4.79 Å². The van der Waals surface area contributed by atoms with Crippen LogP contribution in [0.25, 0.3) is 10.2 Å². The maximum Gasteiger partial charge on any atom is 0.338 e. The monoisotopic (exact) mass is 422 g/mol. The third-order valence-electron chi connectivity index (χ3n) is 4.11. The van der Waals surface area contributed by atoms with E-state index < -0.39 is 5.97 Å². The highest BCUT2D eigenvalue weighted by Crippen LogP contribution is 2.20. The number of terminal acetylenes is 1. The Morgan fingerprint density at radius 3 is 2.50 bits per heavy atom. The molecule has 1 heterocycles. The summed E-state index contributed by atoms with van der Waals surface area (Å²) in [6, 6.07) is 12.1. The Kier molecular flexibility index (Phi) is 6.70. The molecule has 0 aliphatic carbocycles. The molecule has 0 N–H and O–H groups in total. The first kappa shape index (κ1) is 21.3. The number of carbonyl (C=O) groups excluding carboxylic acids is 2. The summed E-state index contributed by atoms with van der Waals surface area (Å²) in [4.78, 5) is 29.5. The Morgan fingerprint density at radius 1 is 1.17 bits per heavy atom. The van der Waals surface area contributed by atoms with Gasteiger partial charge in [-0.25, -0.2) is 4.79 Å². The average Bonchev–Trinajstić information content (AvgIpc) is 3.05. The highest BCUT2D eigenvalue weighted by Gasteiger charge is 2.13. The van der Waals surface area contributed by atoms with Gasteiger partial charge in [0.15, 0.2) is 4.80 Å². The number of esters is 1. The van der Waals surface area contributed by atoms with E-state index >= 15 is 0 Å². The van der Waals surface area contributed by atoms with E-state index in [1.165, 1.54) is 11.3 Å². The normalized spacial score (nSPS) is 11.5. The number of rotatable bonds is 6. The van der Waals surface area contributed by atoms with Gasteiger partial charge in [-0.15, -0.1) is 6.42 Å². The van der Waals surface area contributed by atoms with E-state index in [1.54, 1.807) is 54.0 Å². The standard InChI is InChI=1S/C23H22N2O4S/c1-5-13-25-19-12-9-17(22(27)28-6-2)14-20(19)30-23(25)24-21(26)16-7-10-18(11-8-16)29-15(3)4/h1,7-12,14-15H,6,13H2,2-4H3. The molecule has 1 aromatic heterocycles. The fraction of sp³-hybridized carbons (Fsp3) is 0.261. The second kappa shape index (κ2) is 9.42. The highest BCUT2D eigenvalue weighted by atomic mass is 32.1. The van der Waals surface area contributed by atoms with Gasteiger partial charge in [-0.05, 0) is 63.2 Å². The lowest BCUT2D eigenvalue weighted by molar-refractivity contribution is 0.0526. The Bertz CT molecular complexity index is 1180. The van der Waals surface area contributed by atoms with Crippen LogP contribution in [0.3, 0.4) is 0 Å². The molecule has 0 aliphatic rings. The molecule has 6 nitrogen and oxygen atoms in total. The Labute approximate surface area is 178 Å². The molecule has 0 aliphatic heterocycles. The summed E-state index contributed by atoms with van der Waals surface area (Å²) < 4.78 is 13.2. The van der Waals surface area contributed by atoms with Crippen molar-refractivity contribution < 1.29 is 19.1 Å². The highest BCUT2D eigenvalue weighted by molar-refractivity contribution is 7.16. The molecular weight excluding hydrogens is 400 g/mol. The largest absolute Gasteiger partial charge is 0.491 e. The smallest absolute Gasteiger partial charge is 0.338 e. The SMILES string of the molecule is C#CCn1c(=NC(=O)c2ccc(OC(C)C)cc2)sc2cc(C(=O)OCC)ccc21. The van der Waals surface area contributed by atoms with Crippen molar-refractivity contribution >= 4 is 33.4 Å². The molecule has 0 spiro atoms. The summed E-state index contributed by atoms with van der Waals surface area (Å²) in [6.45, 7) is 6.19. The van der Waals surface area contributed by atoms with Crippen LogP contribution in [0.5, 0.6) is 5.75 Å². The number of amides is 1. The zero-order valence-corrected chi connectivity index (χ0v) is 17.9. The zero-order valence-electron chi connectivity index (χ0n) is 17.0. The minimum atomic E-state index is -0.394. The van der Waals surface area contributed by atoms with Crippen molar-refractivity contribution in [3.63, 3.8) is 0 Å². The number of hydrogen-bond donors (Lipinski definition) is 0. The number of thiazole rings is 1. The van der Waals surface area contributed by atoms with Crippen LogP contribution < -0.4 is 9.54 Å². The second-order valence-electron chi connectivity index (χ2n) is 6.69. The minimum Gasteiger partial charge on any atom is -0.491 e. The van der Waals surface area contributed by atoms with Crippen molar-refractivity contribution in [3.05, 3.63) is 58.4 Å². The fourth-order valence-electron chi connectivity index (χ4n) is 2.84. The molecule has 30 heavy (non-hydrogen) atoms. The van der Waals surface area contributed by atoms with E-state index in [2.05, 4.69) is 10.9 Å². The topological polar surface area (TPSA) is 69.9 Å². The van der Waals surface area contributed by atoms with Crippen LogP contribution in [0, 0.1) is 12.3 Å². The summed E-state index contributed by atoms with van der Waals surface area (Å²) in [5.74, 6) is 2.51. The Balaban J connectivity index is 1.99. The summed E-state index contributed by atoms with van der Waals surface area (Å²) in [6.07, 6.45) is 5.57. The first-order chi connectivity index (χ1) is 14.4. The first-order valence-electron chi connectivity index (χ1n) is 9.52. The quantitative estimate of drug-likeness (QED) is 0.444. The van der Waals surface area contributed by atoms with E-state index in [0.29, 0.717) is 28.3 Å². The average molecular weight is 423 g/mol. The number of carbonyl (C=O) groups is 2. The summed E-state index contributed by atoms with van der Waals surface area (Å²) in [5.41, 5.74) is 1.69. The van der Waals surface area contributed by atoms with Crippen molar-refractivity contribution in [2.45, 2.75) is 33.4 Å². The van der Waals surface area contributed by atoms with Gasteiger partial charge >= 0.3 is 5.97 Å². The van der Waals surface area contributed by atoms with E-state index in [1.807, 2.05) is 13.8 Å². The third-order valence-corrected chi connectivity index (χ3v) is 5.15. The number of benzene rings is 2. The molecule has 1 amide bonds. The van der Waals surface area contributed by atoms with Crippen molar-refractivity contribution in [2.75, 3.05) is 6.61 Å². The first-order valence-corrected chi connectivity index (χ1v) is 10.3. The molecule has 0 bridgehead atoms. The number of ether oxygens (including phenoxy) is 2. The van der Waals surface area contributed by atoms with Gasteiger partial charge in [0.1, 0.15) is 5.75 Å². The number of nitrogens with zero attached hydrogens (tertiary/aromatic N) is 2. The van der Waals surface area contributed by atoms with Crippen LogP contribution in [0.2, 0.25) is 0 Å². The summed E-state index contributed by atoms with van der Waals surface area (Å²) in [5, 5.41) is 0. The molecule has 0 unspecified atom stereocenters. The predicted molar refractivity (Wildman–Crippen MR) is 117 cm³/mol. The molecule has 154 valence electrons. The fourth-order valence-corrected chi connectivity index (χ4v) is 3.91. The molecule has 0 fully saturated rings. The van der Waals surface area contributed by atoms with Gasteiger partial charge in [0.2, 0.25) is 0 Å². The lowest BCUT2D eigenvalue weighted by Crippen LogP contribution is -2.16. The Hall–Kier alpha value is -3.37. The Morgan fingerprint density at radius 2 is 1.87 bits per heavy atom. The van der Waals surface area contributed by atoms with E-state index in [-0.39, 0.29) is 18.6 Å². The third kappa shape index (κ3) is 4.78. The van der Waals surface area contributed by atoms with E-state index in [4.69, 9.17) is 15.9 Å². The molecule has 0 saturated heterocycles. The van der Waals surface area contributed by atoms with Crippen molar-refractivity contribution in [1.82, 2.24) is 4.57 Å². The van der Waals surface area contributed by atoms with Crippen LogP contribution in [-0.4, -0.2) is 29.2 Å². The molecule has 0 saturated carbocycles. The number of fused-ring (bicyclic) bond motifs is 1. The number of aromatic nitrogens is 1. The summed E-state index contributed by atoms with van der Waals surface area (Å²) >= 11 is 1.30. The van der Waals surface area contributed by atoms with Crippen LogP contribution in [0.15, 0.2) is 47.5 Å². The molecular formula is C23H22N2O4S. The van der Waals surface area contributed by atoms with E-state index in [9.17, 15) is 9.59 Å². The van der Waals surface area contributed by atoms with Crippen LogP contribution >= 0.6 is 11.3 Å². The molecule has 7 heteroatoms. The van der Waals surface area contributed by atoms with Gasteiger partial charge in [-0.1, -0.05) is 17.3 Å². The minimum absolute atomic E-state index is 0.0528. The second-order valence-corrected chi connectivity index (χ2v) is 7.69. The van der Waals surface area contributed by atoms with Crippen LogP contribution in [0.1, 0.15) is 41.5 Å². The molecule has 0 radical (unpaired) electrons. The molecule has 0 atom stereocenters. The predicted octanol–water partition coefficient (Wildman–Crippen LogP) is 4.04. The maximum atomic E-state index is 12.7. The van der Waals surface area contributed by atoms with Gasteiger partial charge in [0, 0.05) is 5.56 Å². The van der Waals surface area contributed by atoms with Gasteiger partial charge < -0.3 is 14.0 Å². The summed E-state index contributed by atoms with van der Waals surface area (Å²) in [7, 11) is 0. The van der Waals surface area contributed by atoms with Gasteiger partial charge in [-0.2, -0.15) is 4.99 Å². The van der Waals surface area contributed by atoms with Crippen LogP contribution in [-0.2, 0) is 11.3 Å².